The molecular formula is C17H20ClN3O3. The zero-order valence-electron chi connectivity index (χ0n) is 13.9. The number of benzene rings is 1. The summed E-state index contributed by atoms with van der Waals surface area (Å²) in [5.74, 6) is 1.06. The number of carbonyl (C=O) groups is 1. The van der Waals surface area contributed by atoms with Crippen LogP contribution in [0.1, 0.15) is 28.7 Å². The number of halogens is 1. The van der Waals surface area contributed by atoms with Crippen molar-refractivity contribution in [1.82, 2.24) is 15.1 Å². The van der Waals surface area contributed by atoms with Crippen molar-refractivity contribution in [3.63, 3.8) is 0 Å². The van der Waals surface area contributed by atoms with Crippen molar-refractivity contribution >= 4 is 17.5 Å². The van der Waals surface area contributed by atoms with Gasteiger partial charge in [-0.1, -0.05) is 18.5 Å². The van der Waals surface area contributed by atoms with E-state index in [4.69, 9.17) is 21.1 Å². The summed E-state index contributed by atoms with van der Waals surface area (Å²) >= 11 is 6.11. The molecule has 0 unspecified atom stereocenters. The molecule has 7 heteroatoms. The van der Waals surface area contributed by atoms with E-state index >= 15 is 0 Å². The molecular weight excluding hydrogens is 330 g/mol. The third kappa shape index (κ3) is 3.48. The van der Waals surface area contributed by atoms with Crippen molar-refractivity contribution in [3.05, 3.63) is 40.2 Å². The van der Waals surface area contributed by atoms with Crippen LogP contribution in [0.2, 0.25) is 5.02 Å². The third-order valence-corrected chi connectivity index (χ3v) is 4.17. The Bertz CT molecular complexity index is 773. The molecule has 0 spiro atoms. The molecule has 3 rings (SSSR count). The first kappa shape index (κ1) is 16.6. The number of aromatic nitrogens is 2. The van der Waals surface area contributed by atoms with E-state index in [1.54, 1.807) is 12.1 Å². The Kier molecular flexibility index (Phi) is 4.66. The topological polar surface area (TPSA) is 65.4 Å². The van der Waals surface area contributed by atoms with Crippen LogP contribution in [0.5, 0.6) is 11.5 Å². The lowest BCUT2D eigenvalue weighted by atomic mass is 10.1. The highest BCUT2D eigenvalue weighted by Gasteiger charge is 2.21. The fourth-order valence-corrected chi connectivity index (χ4v) is 2.95. The van der Waals surface area contributed by atoms with Gasteiger partial charge in [-0.15, -0.1) is 0 Å². The number of nitrogens with zero attached hydrogens (tertiary/aromatic N) is 2. The summed E-state index contributed by atoms with van der Waals surface area (Å²) in [5, 5.41) is 7.75. The van der Waals surface area contributed by atoms with Gasteiger partial charge in [0.15, 0.2) is 11.5 Å². The summed E-state index contributed by atoms with van der Waals surface area (Å²) in [6.07, 6.45) is 0. The standard InChI is InChI=1S/C17H20ClN3O3/c1-10(8-21-12(3)4-11(2)20-21)7-19-17(22)13-5-14(18)16-15(6-13)23-9-24-16/h4-6,10H,7-9H2,1-3H3,(H,19,22)/t10-/m1/s1. The molecule has 128 valence electrons. The van der Waals surface area contributed by atoms with Crippen LogP contribution >= 0.6 is 11.6 Å². The van der Waals surface area contributed by atoms with Crippen LogP contribution in [0.4, 0.5) is 0 Å². The average Bonchev–Trinajstić information content (AvgIpc) is 3.11. The zero-order valence-corrected chi connectivity index (χ0v) is 14.7. The van der Waals surface area contributed by atoms with Crippen molar-refractivity contribution < 1.29 is 14.3 Å². The molecule has 0 fully saturated rings. The predicted molar refractivity (Wildman–Crippen MR) is 90.8 cm³/mol. The number of fused-ring (bicyclic) bond motifs is 1. The minimum absolute atomic E-state index is 0.125. The average molecular weight is 350 g/mol. The number of ether oxygens (including phenoxy) is 2. The normalized spacial score (nSPS) is 13.8. The number of hydrogen-bond acceptors (Lipinski definition) is 4. The highest BCUT2D eigenvalue weighted by molar-refractivity contribution is 6.32. The fourth-order valence-electron chi connectivity index (χ4n) is 2.69. The van der Waals surface area contributed by atoms with Crippen LogP contribution < -0.4 is 14.8 Å². The number of carbonyl (C=O) groups excluding carboxylic acids is 1. The second kappa shape index (κ2) is 6.73. The largest absolute Gasteiger partial charge is 0.454 e. The monoisotopic (exact) mass is 349 g/mol. The second-order valence-corrected chi connectivity index (χ2v) is 6.52. The van der Waals surface area contributed by atoms with E-state index in [1.807, 2.05) is 24.6 Å². The quantitative estimate of drug-likeness (QED) is 0.901. The van der Waals surface area contributed by atoms with E-state index in [9.17, 15) is 4.79 Å². The second-order valence-electron chi connectivity index (χ2n) is 6.12. The lowest BCUT2D eigenvalue weighted by Gasteiger charge is -2.14. The maximum absolute atomic E-state index is 12.3. The summed E-state index contributed by atoms with van der Waals surface area (Å²) in [6, 6.07) is 5.28. The summed E-state index contributed by atoms with van der Waals surface area (Å²) < 4.78 is 12.5. The Morgan fingerprint density at radius 1 is 1.38 bits per heavy atom. The van der Waals surface area contributed by atoms with Gasteiger partial charge in [0.1, 0.15) is 0 Å². The predicted octanol–water partition coefficient (Wildman–Crippen LogP) is 2.95. The molecule has 0 bridgehead atoms. The molecule has 2 heterocycles. The molecule has 1 N–H and O–H groups in total. The van der Waals surface area contributed by atoms with E-state index in [-0.39, 0.29) is 18.6 Å². The first-order valence-electron chi connectivity index (χ1n) is 7.82. The van der Waals surface area contributed by atoms with Crippen molar-refractivity contribution in [2.24, 2.45) is 5.92 Å². The fraction of sp³-hybridized carbons (Fsp3) is 0.412. The van der Waals surface area contributed by atoms with Gasteiger partial charge in [0.05, 0.1) is 10.7 Å². The summed E-state index contributed by atoms with van der Waals surface area (Å²) in [7, 11) is 0. The van der Waals surface area contributed by atoms with Crippen LogP contribution in [0.3, 0.4) is 0 Å². The maximum Gasteiger partial charge on any atom is 0.251 e. The Balaban J connectivity index is 1.59. The van der Waals surface area contributed by atoms with Gasteiger partial charge in [-0.05, 0) is 38.0 Å². The molecule has 1 aromatic carbocycles. The molecule has 1 aliphatic rings. The van der Waals surface area contributed by atoms with Gasteiger partial charge in [0.25, 0.3) is 5.91 Å². The molecule has 2 aromatic rings. The molecule has 0 aliphatic carbocycles. The number of hydrogen-bond donors (Lipinski definition) is 1. The molecule has 0 radical (unpaired) electrons. The van der Waals surface area contributed by atoms with Crippen molar-refractivity contribution in [2.75, 3.05) is 13.3 Å². The highest BCUT2D eigenvalue weighted by Crippen LogP contribution is 2.39. The molecule has 0 saturated carbocycles. The number of amides is 1. The molecule has 24 heavy (non-hydrogen) atoms. The lowest BCUT2D eigenvalue weighted by molar-refractivity contribution is 0.0946. The van der Waals surface area contributed by atoms with Gasteiger partial charge < -0.3 is 14.8 Å². The van der Waals surface area contributed by atoms with Crippen LogP contribution in [0.25, 0.3) is 0 Å². The van der Waals surface area contributed by atoms with Crippen LogP contribution in [-0.4, -0.2) is 29.0 Å². The first-order valence-corrected chi connectivity index (χ1v) is 8.20. The van der Waals surface area contributed by atoms with Gasteiger partial charge in [-0.3, -0.25) is 9.48 Å². The van der Waals surface area contributed by atoms with E-state index in [0.29, 0.717) is 28.6 Å². The SMILES string of the molecule is Cc1cc(C)n(C[C@H](C)CNC(=O)c2cc(Cl)c3c(c2)OCO3)n1. The zero-order chi connectivity index (χ0) is 17.3. The molecule has 0 saturated heterocycles. The van der Waals surface area contributed by atoms with Gasteiger partial charge in [0, 0.05) is 24.3 Å². The molecule has 1 amide bonds. The summed E-state index contributed by atoms with van der Waals surface area (Å²) in [4.78, 5) is 12.3. The van der Waals surface area contributed by atoms with Gasteiger partial charge in [-0.25, -0.2) is 0 Å². The Hall–Kier alpha value is -2.21. The van der Waals surface area contributed by atoms with Gasteiger partial charge in [0.2, 0.25) is 6.79 Å². The van der Waals surface area contributed by atoms with E-state index in [2.05, 4.69) is 17.3 Å². The molecule has 1 aromatic heterocycles. The van der Waals surface area contributed by atoms with Gasteiger partial charge in [-0.2, -0.15) is 5.10 Å². The van der Waals surface area contributed by atoms with Gasteiger partial charge >= 0.3 is 0 Å². The van der Waals surface area contributed by atoms with Crippen molar-refractivity contribution in [3.8, 4) is 11.5 Å². The minimum Gasteiger partial charge on any atom is -0.454 e. The summed E-state index contributed by atoms with van der Waals surface area (Å²) in [5.41, 5.74) is 2.58. The summed E-state index contributed by atoms with van der Waals surface area (Å²) in [6.45, 7) is 7.49. The minimum atomic E-state index is -0.185. The first-order chi connectivity index (χ1) is 11.4. The maximum atomic E-state index is 12.3. The Morgan fingerprint density at radius 2 is 2.17 bits per heavy atom. The van der Waals surface area contributed by atoms with Crippen molar-refractivity contribution in [2.45, 2.75) is 27.3 Å². The van der Waals surface area contributed by atoms with Crippen LogP contribution in [0.15, 0.2) is 18.2 Å². The Morgan fingerprint density at radius 3 is 2.88 bits per heavy atom. The van der Waals surface area contributed by atoms with Crippen molar-refractivity contribution in [1.29, 1.82) is 0 Å². The number of aryl methyl sites for hydroxylation is 2. The molecule has 6 nitrogen and oxygen atoms in total. The van der Waals surface area contributed by atoms with E-state index in [1.165, 1.54) is 0 Å². The van der Waals surface area contributed by atoms with Crippen LogP contribution in [0, 0.1) is 19.8 Å². The highest BCUT2D eigenvalue weighted by atomic mass is 35.5. The third-order valence-electron chi connectivity index (χ3n) is 3.89. The number of rotatable bonds is 5. The Labute approximate surface area is 145 Å². The van der Waals surface area contributed by atoms with E-state index < -0.39 is 0 Å². The molecule has 1 atom stereocenters. The number of nitrogens with one attached hydrogen (secondary N) is 1. The smallest absolute Gasteiger partial charge is 0.251 e. The van der Waals surface area contributed by atoms with E-state index in [0.717, 1.165) is 17.9 Å². The lowest BCUT2D eigenvalue weighted by Crippen LogP contribution is -2.30. The molecule has 1 aliphatic heterocycles. The van der Waals surface area contributed by atoms with Crippen LogP contribution in [-0.2, 0) is 6.54 Å².